The van der Waals surface area contributed by atoms with E-state index >= 15 is 0 Å². The summed E-state index contributed by atoms with van der Waals surface area (Å²) >= 11 is 13.8. The topological polar surface area (TPSA) is 49.7 Å². The molecule has 0 saturated heterocycles. The highest BCUT2D eigenvalue weighted by molar-refractivity contribution is 7.99. The average molecular weight is 396 g/mol. The van der Waals surface area contributed by atoms with Crippen LogP contribution < -0.4 is 0 Å². The van der Waals surface area contributed by atoms with Gasteiger partial charge in [-0.3, -0.25) is 4.79 Å². The molecule has 25 heavy (non-hydrogen) atoms. The Kier molecular flexibility index (Phi) is 4.82. The fraction of sp³-hybridized carbons (Fsp3) is 0.368. The van der Waals surface area contributed by atoms with E-state index in [9.17, 15) is 9.90 Å². The zero-order valence-corrected chi connectivity index (χ0v) is 16.5. The van der Waals surface area contributed by atoms with Gasteiger partial charge in [-0.25, -0.2) is 4.40 Å². The molecule has 1 N–H and O–H groups in total. The molecular formula is C19H19Cl2NO2S. The monoisotopic (exact) mass is 395 g/mol. The summed E-state index contributed by atoms with van der Waals surface area (Å²) in [5.74, 6) is -0.890. The maximum Gasteiger partial charge on any atom is 0.313 e. The van der Waals surface area contributed by atoms with Gasteiger partial charge in [0.05, 0.1) is 15.9 Å². The zero-order valence-electron chi connectivity index (χ0n) is 14.2. The molecule has 0 radical (unpaired) electrons. The largest absolute Gasteiger partial charge is 0.481 e. The van der Waals surface area contributed by atoms with Gasteiger partial charge >= 0.3 is 5.97 Å². The second-order valence-electron chi connectivity index (χ2n) is 7.03. The third-order valence-corrected chi connectivity index (χ3v) is 6.63. The Bertz CT molecular complexity index is 812. The van der Waals surface area contributed by atoms with E-state index in [1.54, 1.807) is 13.0 Å². The zero-order chi connectivity index (χ0) is 18.4. The van der Waals surface area contributed by atoms with Crippen molar-refractivity contribution >= 4 is 46.8 Å². The van der Waals surface area contributed by atoms with Crippen LogP contribution >= 0.6 is 35.1 Å². The number of hydrogen-bond acceptors (Lipinski definition) is 3. The van der Waals surface area contributed by atoms with E-state index in [2.05, 4.69) is 11.3 Å². The van der Waals surface area contributed by atoms with Crippen molar-refractivity contribution in [3.05, 3.63) is 57.6 Å². The molecule has 3 rings (SSSR count). The first-order valence-electron chi connectivity index (χ1n) is 8.00. The predicted molar refractivity (Wildman–Crippen MR) is 106 cm³/mol. The fourth-order valence-corrected chi connectivity index (χ4v) is 4.53. The number of carbonyl (C=O) groups is 1. The van der Waals surface area contributed by atoms with E-state index < -0.39 is 11.4 Å². The molecule has 2 aliphatic rings. The normalized spacial score (nSPS) is 31.6. The van der Waals surface area contributed by atoms with Crippen molar-refractivity contribution in [3.63, 3.8) is 0 Å². The number of aliphatic carboxylic acids is 1. The first-order valence-corrected chi connectivity index (χ1v) is 9.53. The smallest absolute Gasteiger partial charge is 0.313 e. The van der Waals surface area contributed by atoms with Crippen LogP contribution in [0.1, 0.15) is 32.8 Å². The number of rotatable bonds is 3. The van der Waals surface area contributed by atoms with E-state index in [1.807, 2.05) is 37.3 Å². The molecule has 0 fully saturated rings. The summed E-state index contributed by atoms with van der Waals surface area (Å²) in [6.07, 6.45) is 6.44. The van der Waals surface area contributed by atoms with Crippen molar-refractivity contribution in [2.75, 3.05) is 0 Å². The summed E-state index contributed by atoms with van der Waals surface area (Å²) in [7, 11) is 0. The second kappa shape index (κ2) is 6.49. The Morgan fingerprint density at radius 3 is 2.52 bits per heavy atom. The SMILES string of the molecule is CC1C=CC(C2=NSC(C)(c3cc(Cl)cc(Cl)c3)C2)=CC1(C)C(=O)O. The molecule has 3 unspecified atom stereocenters. The Hall–Kier alpha value is -1.23. The lowest BCUT2D eigenvalue weighted by atomic mass is 9.72. The minimum absolute atomic E-state index is 0.0680. The van der Waals surface area contributed by atoms with Crippen molar-refractivity contribution in [1.82, 2.24) is 0 Å². The molecular weight excluding hydrogens is 377 g/mol. The van der Waals surface area contributed by atoms with Gasteiger partial charge in [-0.05, 0) is 61.0 Å². The lowest BCUT2D eigenvalue weighted by molar-refractivity contribution is -0.146. The average Bonchev–Trinajstić information content (AvgIpc) is 2.93. The van der Waals surface area contributed by atoms with Gasteiger partial charge in [0.25, 0.3) is 0 Å². The van der Waals surface area contributed by atoms with Gasteiger partial charge in [-0.15, -0.1) is 0 Å². The van der Waals surface area contributed by atoms with Crippen molar-refractivity contribution in [3.8, 4) is 0 Å². The number of carboxylic acids is 1. The van der Waals surface area contributed by atoms with E-state index in [0.717, 1.165) is 16.8 Å². The van der Waals surface area contributed by atoms with Crippen molar-refractivity contribution in [2.24, 2.45) is 15.7 Å². The summed E-state index contributed by atoms with van der Waals surface area (Å²) in [5.41, 5.74) is 1.88. The van der Waals surface area contributed by atoms with E-state index in [-0.39, 0.29) is 10.7 Å². The standard InChI is InChI=1S/C19H19Cl2NO2S/c1-11-4-5-12(9-18(11,2)17(23)24)16-10-19(3,25-22-16)13-6-14(20)8-15(21)7-13/h4-9,11H,10H2,1-3H3,(H,23,24). The van der Waals surface area contributed by atoms with Crippen LogP contribution in [0.15, 0.2) is 46.4 Å². The van der Waals surface area contributed by atoms with Gasteiger partial charge in [0.2, 0.25) is 0 Å². The summed E-state index contributed by atoms with van der Waals surface area (Å²) in [6, 6.07) is 5.53. The highest BCUT2D eigenvalue weighted by Crippen LogP contribution is 2.48. The Balaban J connectivity index is 1.90. The maximum absolute atomic E-state index is 11.7. The number of benzene rings is 1. The lowest BCUT2D eigenvalue weighted by Crippen LogP contribution is -2.34. The maximum atomic E-state index is 11.7. The number of halogens is 2. The van der Waals surface area contributed by atoms with Crippen LogP contribution in [-0.4, -0.2) is 16.8 Å². The Morgan fingerprint density at radius 1 is 1.28 bits per heavy atom. The fourth-order valence-electron chi connectivity index (χ4n) is 3.10. The van der Waals surface area contributed by atoms with Crippen molar-refractivity contribution < 1.29 is 9.90 Å². The van der Waals surface area contributed by atoms with Gasteiger partial charge < -0.3 is 5.11 Å². The highest BCUT2D eigenvalue weighted by Gasteiger charge is 2.41. The quantitative estimate of drug-likeness (QED) is 0.645. The molecule has 0 amide bonds. The van der Waals surface area contributed by atoms with Crippen LogP contribution in [0.4, 0.5) is 0 Å². The molecule has 6 heteroatoms. The molecule has 1 heterocycles. The Labute approximate surface area is 162 Å². The van der Waals surface area contributed by atoms with E-state index in [0.29, 0.717) is 16.5 Å². The summed E-state index contributed by atoms with van der Waals surface area (Å²) in [6.45, 7) is 5.77. The molecule has 3 nitrogen and oxygen atoms in total. The van der Waals surface area contributed by atoms with Crippen molar-refractivity contribution in [2.45, 2.75) is 31.9 Å². The van der Waals surface area contributed by atoms with Crippen LogP contribution in [0.3, 0.4) is 0 Å². The number of nitrogens with zero attached hydrogens (tertiary/aromatic N) is 1. The summed E-state index contributed by atoms with van der Waals surface area (Å²) < 4.78 is 4.36. The summed E-state index contributed by atoms with van der Waals surface area (Å²) in [4.78, 5) is 11.7. The predicted octanol–water partition coefficient (Wildman–Crippen LogP) is 5.92. The molecule has 0 saturated carbocycles. The lowest BCUT2D eigenvalue weighted by Gasteiger charge is -2.30. The number of allylic oxidation sites excluding steroid dienone is 3. The van der Waals surface area contributed by atoms with E-state index in [4.69, 9.17) is 23.2 Å². The molecule has 1 aromatic rings. The number of hydrogen-bond donors (Lipinski definition) is 1. The van der Waals surface area contributed by atoms with Crippen LogP contribution in [0, 0.1) is 11.3 Å². The van der Waals surface area contributed by atoms with Gasteiger partial charge in [0, 0.05) is 16.5 Å². The van der Waals surface area contributed by atoms with Crippen LogP contribution in [0.2, 0.25) is 10.0 Å². The van der Waals surface area contributed by atoms with Gasteiger partial charge in [-0.1, -0.05) is 48.4 Å². The molecule has 1 aliphatic carbocycles. The van der Waals surface area contributed by atoms with Crippen LogP contribution in [-0.2, 0) is 9.54 Å². The van der Waals surface area contributed by atoms with Crippen molar-refractivity contribution in [1.29, 1.82) is 0 Å². The molecule has 1 aliphatic heterocycles. The van der Waals surface area contributed by atoms with Crippen LogP contribution in [0.5, 0.6) is 0 Å². The molecule has 3 atom stereocenters. The highest BCUT2D eigenvalue weighted by atomic mass is 35.5. The molecule has 0 aromatic heterocycles. The molecule has 0 spiro atoms. The second-order valence-corrected chi connectivity index (χ2v) is 9.17. The van der Waals surface area contributed by atoms with Crippen LogP contribution in [0.25, 0.3) is 0 Å². The first kappa shape index (κ1) is 18.6. The van der Waals surface area contributed by atoms with Gasteiger partial charge in [0.15, 0.2) is 0 Å². The number of carboxylic acid groups (broad SMARTS) is 1. The molecule has 0 bridgehead atoms. The van der Waals surface area contributed by atoms with E-state index in [1.165, 1.54) is 11.9 Å². The first-order chi connectivity index (χ1) is 11.6. The third-order valence-electron chi connectivity index (χ3n) is 5.10. The summed E-state index contributed by atoms with van der Waals surface area (Å²) in [5, 5.41) is 10.8. The molecule has 1 aromatic carbocycles. The minimum Gasteiger partial charge on any atom is -0.481 e. The minimum atomic E-state index is -0.921. The van der Waals surface area contributed by atoms with Gasteiger partial charge in [-0.2, -0.15) is 0 Å². The molecule has 132 valence electrons. The third kappa shape index (κ3) is 3.40. The Morgan fingerprint density at radius 2 is 1.92 bits per heavy atom. The van der Waals surface area contributed by atoms with Gasteiger partial charge in [0.1, 0.15) is 0 Å².